The first-order valence-electron chi connectivity index (χ1n) is 12.4. The second-order valence-electron chi connectivity index (χ2n) is 9.08. The van der Waals surface area contributed by atoms with Crippen molar-refractivity contribution in [2.45, 2.75) is 19.0 Å². The number of nitrogens with zero attached hydrogens (tertiary/aromatic N) is 3. The van der Waals surface area contributed by atoms with Gasteiger partial charge in [-0.25, -0.2) is 9.38 Å². The van der Waals surface area contributed by atoms with Crippen LogP contribution in [0.3, 0.4) is 0 Å². The Morgan fingerprint density at radius 3 is 2.65 bits per heavy atom. The number of rotatable bonds is 7. The highest BCUT2D eigenvalue weighted by Gasteiger charge is 2.42. The number of para-hydroxylation sites is 1. The summed E-state index contributed by atoms with van der Waals surface area (Å²) < 4.78 is 23.9. The second kappa shape index (κ2) is 10.8. The molecule has 12 heteroatoms. The molecule has 0 aromatic heterocycles. The van der Waals surface area contributed by atoms with Crippen molar-refractivity contribution in [1.82, 2.24) is 10.2 Å². The Hall–Kier alpha value is -4.71. The van der Waals surface area contributed by atoms with Gasteiger partial charge in [0.05, 0.1) is 17.9 Å². The van der Waals surface area contributed by atoms with Gasteiger partial charge in [0, 0.05) is 17.8 Å². The Kier molecular flexibility index (Phi) is 6.91. The molecule has 2 N–H and O–H groups in total. The lowest BCUT2D eigenvalue weighted by Crippen LogP contribution is -2.46. The largest absolute Gasteiger partial charge is 0.454 e. The van der Waals surface area contributed by atoms with E-state index in [1.54, 1.807) is 23.1 Å². The number of hydrogen-bond donors (Lipinski definition) is 2. The van der Waals surface area contributed by atoms with Gasteiger partial charge in [-0.05, 0) is 54.1 Å². The number of benzene rings is 3. The Morgan fingerprint density at radius 1 is 1.00 bits per heavy atom. The SMILES string of the molecule is O=C(CC1C(=O)N=C2c3ccccc3N=C(SCC(=O)Nc3ccc(F)cc3)N21)NCc1ccc2c(c1)OCO2. The number of fused-ring (bicyclic) bond motifs is 4. The van der Waals surface area contributed by atoms with Crippen molar-refractivity contribution in [2.24, 2.45) is 9.98 Å². The summed E-state index contributed by atoms with van der Waals surface area (Å²) in [6.45, 7) is 0.401. The van der Waals surface area contributed by atoms with Gasteiger partial charge in [-0.1, -0.05) is 30.0 Å². The van der Waals surface area contributed by atoms with Crippen LogP contribution in [0.25, 0.3) is 0 Å². The van der Waals surface area contributed by atoms with Gasteiger partial charge in [0.15, 0.2) is 16.7 Å². The Bertz CT molecular complexity index is 1580. The first-order chi connectivity index (χ1) is 19.4. The first kappa shape index (κ1) is 25.6. The van der Waals surface area contributed by atoms with E-state index in [4.69, 9.17) is 9.47 Å². The summed E-state index contributed by atoms with van der Waals surface area (Å²) in [6, 6.07) is 17.2. The van der Waals surface area contributed by atoms with Crippen LogP contribution < -0.4 is 20.1 Å². The number of ether oxygens (including phenoxy) is 2. The minimum absolute atomic E-state index is 0.0284. The third-order valence-electron chi connectivity index (χ3n) is 6.37. The average Bonchev–Trinajstić information content (AvgIpc) is 3.56. The van der Waals surface area contributed by atoms with Gasteiger partial charge in [0.1, 0.15) is 17.7 Å². The molecule has 0 saturated carbocycles. The average molecular weight is 560 g/mol. The summed E-state index contributed by atoms with van der Waals surface area (Å²) in [5.41, 5.74) is 2.56. The van der Waals surface area contributed by atoms with Crippen molar-refractivity contribution in [3.63, 3.8) is 0 Å². The van der Waals surface area contributed by atoms with Crippen LogP contribution in [-0.2, 0) is 20.9 Å². The van der Waals surface area contributed by atoms with Gasteiger partial charge >= 0.3 is 0 Å². The standard InChI is InChI=1S/C28H22FN5O5S/c29-17-6-8-18(9-7-17)31-25(36)14-40-28-32-20-4-2-1-3-19(20)26-33-27(37)21(34(26)28)12-24(35)30-13-16-5-10-22-23(11-16)39-15-38-22/h1-11,21H,12-15H2,(H,30,35)(H,31,36). The molecule has 0 spiro atoms. The highest BCUT2D eigenvalue weighted by molar-refractivity contribution is 8.14. The fraction of sp³-hybridized carbons (Fsp3) is 0.179. The molecule has 0 saturated heterocycles. The van der Waals surface area contributed by atoms with Crippen molar-refractivity contribution in [3.8, 4) is 11.5 Å². The van der Waals surface area contributed by atoms with E-state index in [-0.39, 0.29) is 37.3 Å². The van der Waals surface area contributed by atoms with Crippen molar-refractivity contribution >= 4 is 51.9 Å². The number of thioether (sulfide) groups is 1. The van der Waals surface area contributed by atoms with E-state index in [9.17, 15) is 18.8 Å². The van der Waals surface area contributed by atoms with E-state index < -0.39 is 17.8 Å². The smallest absolute Gasteiger partial charge is 0.271 e. The lowest BCUT2D eigenvalue weighted by atomic mass is 10.1. The van der Waals surface area contributed by atoms with E-state index in [2.05, 4.69) is 20.6 Å². The molecule has 3 heterocycles. The maximum Gasteiger partial charge on any atom is 0.271 e. The van der Waals surface area contributed by atoms with Crippen LogP contribution in [0.5, 0.6) is 11.5 Å². The van der Waals surface area contributed by atoms with E-state index in [1.165, 1.54) is 24.3 Å². The van der Waals surface area contributed by atoms with Crippen LogP contribution in [0.2, 0.25) is 0 Å². The summed E-state index contributed by atoms with van der Waals surface area (Å²) in [7, 11) is 0. The molecule has 0 fully saturated rings. The molecule has 10 nitrogen and oxygen atoms in total. The number of carbonyl (C=O) groups excluding carboxylic acids is 3. The zero-order chi connectivity index (χ0) is 27.6. The van der Waals surface area contributed by atoms with Crippen molar-refractivity contribution < 1.29 is 28.2 Å². The predicted molar refractivity (Wildman–Crippen MR) is 147 cm³/mol. The van der Waals surface area contributed by atoms with Crippen molar-refractivity contribution in [3.05, 3.63) is 83.7 Å². The minimum Gasteiger partial charge on any atom is -0.454 e. The monoisotopic (exact) mass is 559 g/mol. The number of amides is 3. The van der Waals surface area contributed by atoms with Gasteiger partial charge in [-0.3, -0.25) is 19.3 Å². The lowest BCUT2D eigenvalue weighted by Gasteiger charge is -2.30. The molecule has 202 valence electrons. The Balaban J connectivity index is 1.15. The summed E-state index contributed by atoms with van der Waals surface area (Å²) >= 11 is 1.12. The first-order valence-corrected chi connectivity index (χ1v) is 13.4. The fourth-order valence-electron chi connectivity index (χ4n) is 4.46. The molecule has 6 rings (SSSR count). The van der Waals surface area contributed by atoms with Gasteiger partial charge < -0.3 is 20.1 Å². The second-order valence-corrected chi connectivity index (χ2v) is 10.0. The van der Waals surface area contributed by atoms with E-state index in [0.29, 0.717) is 39.4 Å². The van der Waals surface area contributed by atoms with E-state index in [0.717, 1.165) is 17.3 Å². The van der Waals surface area contributed by atoms with Crippen LogP contribution >= 0.6 is 11.8 Å². The van der Waals surface area contributed by atoms with E-state index in [1.807, 2.05) is 24.3 Å². The number of halogens is 1. The number of carbonyl (C=O) groups is 3. The lowest BCUT2D eigenvalue weighted by molar-refractivity contribution is -0.126. The molecular weight excluding hydrogens is 537 g/mol. The molecule has 1 unspecified atom stereocenters. The van der Waals surface area contributed by atoms with Gasteiger partial charge in [-0.15, -0.1) is 0 Å². The molecule has 0 radical (unpaired) electrons. The molecule has 3 aliphatic rings. The number of hydrogen-bond acceptors (Lipinski definition) is 8. The number of aliphatic imine (C=N–C) groups is 2. The van der Waals surface area contributed by atoms with Crippen molar-refractivity contribution in [1.29, 1.82) is 0 Å². The van der Waals surface area contributed by atoms with Crippen molar-refractivity contribution in [2.75, 3.05) is 17.9 Å². The Labute approximate surface area is 232 Å². The highest BCUT2D eigenvalue weighted by atomic mass is 32.2. The normalized spacial score (nSPS) is 16.6. The molecule has 40 heavy (non-hydrogen) atoms. The number of nitrogens with one attached hydrogen (secondary N) is 2. The minimum atomic E-state index is -0.911. The van der Waals surface area contributed by atoms with Crippen LogP contribution in [0, 0.1) is 5.82 Å². The third kappa shape index (κ3) is 5.25. The molecule has 0 aliphatic carbocycles. The maximum atomic E-state index is 13.2. The van der Waals surface area contributed by atoms with Gasteiger partial charge in [-0.2, -0.15) is 4.99 Å². The summed E-state index contributed by atoms with van der Waals surface area (Å²) in [4.78, 5) is 49.1. The van der Waals surface area contributed by atoms with Gasteiger partial charge in [0.2, 0.25) is 18.6 Å². The zero-order valence-corrected chi connectivity index (χ0v) is 21.7. The van der Waals surface area contributed by atoms with Crippen LogP contribution in [0.15, 0.2) is 76.7 Å². The summed E-state index contributed by atoms with van der Waals surface area (Å²) in [5.74, 6) is 0.0874. The molecule has 3 aromatic rings. The predicted octanol–water partition coefficient (Wildman–Crippen LogP) is 3.59. The zero-order valence-electron chi connectivity index (χ0n) is 20.9. The molecule has 3 amide bonds. The highest BCUT2D eigenvalue weighted by Crippen LogP contribution is 2.35. The molecule has 0 bridgehead atoms. The fourth-order valence-corrected chi connectivity index (χ4v) is 5.31. The van der Waals surface area contributed by atoms with Crippen LogP contribution in [0.1, 0.15) is 17.5 Å². The van der Waals surface area contributed by atoms with Crippen LogP contribution in [-0.4, -0.2) is 52.2 Å². The molecule has 3 aliphatic heterocycles. The van der Waals surface area contributed by atoms with Gasteiger partial charge in [0.25, 0.3) is 5.91 Å². The number of anilines is 1. The molecular formula is C28H22FN5O5S. The topological polar surface area (TPSA) is 122 Å². The number of amidine groups is 2. The Morgan fingerprint density at radius 2 is 1.80 bits per heavy atom. The quantitative estimate of drug-likeness (QED) is 0.454. The summed E-state index contributed by atoms with van der Waals surface area (Å²) in [6.07, 6.45) is -0.153. The molecule has 1 atom stereocenters. The van der Waals surface area contributed by atoms with Crippen LogP contribution in [0.4, 0.5) is 15.8 Å². The summed E-state index contributed by atoms with van der Waals surface area (Å²) in [5, 5.41) is 5.94. The maximum absolute atomic E-state index is 13.2. The third-order valence-corrected chi connectivity index (χ3v) is 7.33. The molecule has 3 aromatic carbocycles. The van der Waals surface area contributed by atoms with E-state index >= 15 is 0 Å².